The van der Waals surface area contributed by atoms with E-state index >= 15 is 0 Å². The molecule has 0 amide bonds. The Hall–Kier alpha value is -2.14. The highest BCUT2D eigenvalue weighted by molar-refractivity contribution is 5.53. The number of benzene rings is 1. The molecule has 5 heteroatoms. The Morgan fingerprint density at radius 2 is 2.00 bits per heavy atom. The maximum Gasteiger partial charge on any atom is 0.230 e. The summed E-state index contributed by atoms with van der Waals surface area (Å²) in [6.45, 7) is 3.38. The summed E-state index contributed by atoms with van der Waals surface area (Å²) in [6.07, 6.45) is 3.52. The van der Waals surface area contributed by atoms with Crippen LogP contribution in [0.25, 0.3) is 0 Å². The minimum atomic E-state index is 0.533. The lowest BCUT2D eigenvalue weighted by Crippen LogP contribution is -2.03. The van der Waals surface area contributed by atoms with E-state index in [1.54, 1.807) is 12.3 Å². The smallest absolute Gasteiger partial charge is 0.230 e. The number of ether oxygens (including phenoxy) is 1. The monoisotopic (exact) mass is 272 g/mol. The lowest BCUT2D eigenvalue weighted by molar-refractivity contribution is 0.305. The van der Waals surface area contributed by atoms with Crippen molar-refractivity contribution in [1.29, 1.82) is 0 Å². The SMILES string of the molecule is CCCOc1ccnc(Nc2ccc(CCN)cc2)n1. The number of hydrogen-bond donors (Lipinski definition) is 2. The number of aromatic nitrogens is 2. The fraction of sp³-hybridized carbons (Fsp3) is 0.333. The Kier molecular flexibility index (Phi) is 5.32. The van der Waals surface area contributed by atoms with Crippen LogP contribution in [0.4, 0.5) is 11.6 Å². The highest BCUT2D eigenvalue weighted by atomic mass is 16.5. The van der Waals surface area contributed by atoms with Crippen molar-refractivity contribution < 1.29 is 4.74 Å². The van der Waals surface area contributed by atoms with E-state index < -0.39 is 0 Å². The third-order valence-corrected chi connectivity index (χ3v) is 2.73. The van der Waals surface area contributed by atoms with E-state index in [2.05, 4.69) is 22.2 Å². The number of anilines is 2. The predicted molar refractivity (Wildman–Crippen MR) is 80.3 cm³/mol. The van der Waals surface area contributed by atoms with Crippen LogP contribution in [0, 0.1) is 0 Å². The second-order valence-electron chi connectivity index (χ2n) is 4.43. The zero-order valence-corrected chi connectivity index (χ0v) is 11.7. The molecule has 0 bridgehead atoms. The van der Waals surface area contributed by atoms with E-state index in [4.69, 9.17) is 10.5 Å². The summed E-state index contributed by atoms with van der Waals surface area (Å²) >= 11 is 0. The van der Waals surface area contributed by atoms with Crippen molar-refractivity contribution in [3.63, 3.8) is 0 Å². The molecule has 0 saturated heterocycles. The maximum atomic E-state index is 5.53. The average molecular weight is 272 g/mol. The molecule has 1 heterocycles. The van der Waals surface area contributed by atoms with Crippen LogP contribution < -0.4 is 15.8 Å². The first-order valence-electron chi connectivity index (χ1n) is 6.83. The lowest BCUT2D eigenvalue weighted by atomic mass is 10.1. The molecule has 5 nitrogen and oxygen atoms in total. The molecule has 2 aromatic rings. The van der Waals surface area contributed by atoms with Crippen LogP contribution in [0.2, 0.25) is 0 Å². The molecule has 0 spiro atoms. The van der Waals surface area contributed by atoms with Crippen molar-refractivity contribution in [2.24, 2.45) is 5.73 Å². The third-order valence-electron chi connectivity index (χ3n) is 2.73. The average Bonchev–Trinajstić information content (AvgIpc) is 2.48. The minimum absolute atomic E-state index is 0.533. The first-order valence-corrected chi connectivity index (χ1v) is 6.83. The van der Waals surface area contributed by atoms with E-state index in [0.29, 0.717) is 25.0 Å². The van der Waals surface area contributed by atoms with E-state index in [9.17, 15) is 0 Å². The van der Waals surface area contributed by atoms with Gasteiger partial charge in [-0.3, -0.25) is 0 Å². The summed E-state index contributed by atoms with van der Waals surface area (Å²) in [5.41, 5.74) is 7.69. The fourth-order valence-electron chi connectivity index (χ4n) is 1.74. The van der Waals surface area contributed by atoms with Crippen LogP contribution in [-0.2, 0) is 6.42 Å². The Morgan fingerprint density at radius 1 is 1.20 bits per heavy atom. The third kappa shape index (κ3) is 4.20. The molecule has 0 atom stereocenters. The van der Waals surface area contributed by atoms with Crippen molar-refractivity contribution in [2.75, 3.05) is 18.5 Å². The highest BCUT2D eigenvalue weighted by Gasteiger charge is 2.01. The number of nitrogens with one attached hydrogen (secondary N) is 1. The second-order valence-corrected chi connectivity index (χ2v) is 4.43. The van der Waals surface area contributed by atoms with Gasteiger partial charge >= 0.3 is 0 Å². The summed E-state index contributed by atoms with van der Waals surface area (Å²) in [6, 6.07) is 9.84. The topological polar surface area (TPSA) is 73.1 Å². The normalized spacial score (nSPS) is 10.3. The highest BCUT2D eigenvalue weighted by Crippen LogP contribution is 2.16. The van der Waals surface area contributed by atoms with Gasteiger partial charge in [0.2, 0.25) is 11.8 Å². The van der Waals surface area contributed by atoms with Crippen LogP contribution in [-0.4, -0.2) is 23.1 Å². The van der Waals surface area contributed by atoms with Crippen LogP contribution >= 0.6 is 0 Å². The fourth-order valence-corrected chi connectivity index (χ4v) is 1.74. The molecule has 20 heavy (non-hydrogen) atoms. The second kappa shape index (κ2) is 7.45. The molecule has 0 unspecified atom stereocenters. The quantitative estimate of drug-likeness (QED) is 0.810. The summed E-state index contributed by atoms with van der Waals surface area (Å²) in [5.74, 6) is 1.12. The first-order chi connectivity index (χ1) is 9.81. The van der Waals surface area contributed by atoms with Gasteiger partial charge in [0.05, 0.1) is 6.61 Å². The van der Waals surface area contributed by atoms with Crippen molar-refractivity contribution in [3.8, 4) is 5.88 Å². The van der Waals surface area contributed by atoms with Gasteiger partial charge in [0.25, 0.3) is 0 Å². The van der Waals surface area contributed by atoms with Gasteiger partial charge in [-0.05, 0) is 37.1 Å². The number of nitrogens with zero attached hydrogens (tertiary/aromatic N) is 2. The molecular formula is C15H20N4O. The summed E-state index contributed by atoms with van der Waals surface area (Å²) in [7, 11) is 0. The lowest BCUT2D eigenvalue weighted by Gasteiger charge is -2.08. The van der Waals surface area contributed by atoms with Gasteiger partial charge in [-0.25, -0.2) is 4.98 Å². The van der Waals surface area contributed by atoms with E-state index in [0.717, 1.165) is 18.5 Å². The zero-order chi connectivity index (χ0) is 14.2. The zero-order valence-electron chi connectivity index (χ0n) is 11.7. The molecule has 0 fully saturated rings. The van der Waals surface area contributed by atoms with Gasteiger partial charge in [0.1, 0.15) is 0 Å². The van der Waals surface area contributed by atoms with Crippen molar-refractivity contribution in [1.82, 2.24) is 9.97 Å². The van der Waals surface area contributed by atoms with Crippen LogP contribution in [0.5, 0.6) is 5.88 Å². The van der Waals surface area contributed by atoms with Crippen molar-refractivity contribution in [3.05, 3.63) is 42.1 Å². The Balaban J connectivity index is 2.01. The van der Waals surface area contributed by atoms with Crippen LogP contribution in [0.15, 0.2) is 36.5 Å². The van der Waals surface area contributed by atoms with E-state index in [1.165, 1.54) is 5.56 Å². The number of hydrogen-bond acceptors (Lipinski definition) is 5. The Bertz CT molecular complexity index is 528. The molecule has 0 aliphatic carbocycles. The molecule has 2 rings (SSSR count). The molecule has 0 radical (unpaired) electrons. The molecule has 1 aromatic carbocycles. The summed E-state index contributed by atoms with van der Waals surface area (Å²) < 4.78 is 5.48. The Labute approximate surface area is 119 Å². The van der Waals surface area contributed by atoms with E-state index in [1.807, 2.05) is 24.3 Å². The molecule has 106 valence electrons. The van der Waals surface area contributed by atoms with Gasteiger partial charge in [-0.2, -0.15) is 4.98 Å². The Morgan fingerprint density at radius 3 is 2.70 bits per heavy atom. The molecular weight excluding hydrogens is 252 g/mol. The van der Waals surface area contributed by atoms with Crippen LogP contribution in [0.1, 0.15) is 18.9 Å². The first kappa shape index (κ1) is 14.3. The minimum Gasteiger partial charge on any atom is -0.478 e. The molecule has 0 aliphatic heterocycles. The van der Waals surface area contributed by atoms with Gasteiger partial charge in [0.15, 0.2) is 0 Å². The van der Waals surface area contributed by atoms with Gasteiger partial charge < -0.3 is 15.8 Å². The standard InChI is InChI=1S/C15H20N4O/c1-2-11-20-14-8-10-17-15(19-14)18-13-5-3-12(4-6-13)7-9-16/h3-6,8,10H,2,7,9,11,16H2,1H3,(H,17,18,19). The maximum absolute atomic E-state index is 5.53. The van der Waals surface area contributed by atoms with Crippen LogP contribution in [0.3, 0.4) is 0 Å². The molecule has 0 saturated carbocycles. The molecule has 0 aliphatic rings. The summed E-state index contributed by atoms with van der Waals surface area (Å²) in [4.78, 5) is 8.48. The molecule has 1 aromatic heterocycles. The van der Waals surface area contributed by atoms with Crippen molar-refractivity contribution in [2.45, 2.75) is 19.8 Å². The van der Waals surface area contributed by atoms with Gasteiger partial charge in [0, 0.05) is 18.0 Å². The van der Waals surface area contributed by atoms with E-state index in [-0.39, 0.29) is 0 Å². The van der Waals surface area contributed by atoms with Gasteiger partial charge in [-0.15, -0.1) is 0 Å². The number of rotatable bonds is 7. The predicted octanol–water partition coefficient (Wildman–Crippen LogP) is 2.51. The largest absolute Gasteiger partial charge is 0.478 e. The molecule has 3 N–H and O–H groups in total. The summed E-state index contributed by atoms with van der Waals surface area (Å²) in [5, 5.41) is 3.16. The van der Waals surface area contributed by atoms with Crippen molar-refractivity contribution >= 4 is 11.6 Å². The number of nitrogens with two attached hydrogens (primary N) is 1. The van der Waals surface area contributed by atoms with Gasteiger partial charge in [-0.1, -0.05) is 19.1 Å².